The molecule has 0 aliphatic carbocycles. The molecule has 9 aromatic heterocycles. The van der Waals surface area contributed by atoms with Crippen molar-refractivity contribution in [1.82, 2.24) is 33.3 Å². The Morgan fingerprint density at radius 2 is 0.778 bits per heavy atom. The van der Waals surface area contributed by atoms with Gasteiger partial charge in [0.15, 0.2) is 0 Å². The van der Waals surface area contributed by atoms with E-state index in [2.05, 4.69) is 100 Å². The third kappa shape index (κ3) is 2.39. The van der Waals surface area contributed by atoms with E-state index in [-0.39, 0.29) is 0 Å². The number of aromatic nitrogens is 7. The summed E-state index contributed by atoms with van der Waals surface area (Å²) in [4.78, 5) is 18.2. The zero-order valence-corrected chi connectivity index (χ0v) is 23.6. The summed E-state index contributed by atoms with van der Waals surface area (Å²) in [6.45, 7) is 0. The fourth-order valence-electron chi connectivity index (χ4n) is 8.41. The van der Waals surface area contributed by atoms with Gasteiger partial charge in [-0.1, -0.05) is 18.2 Å². The molecule has 3 aromatic carbocycles. The fraction of sp³-hybridized carbons (Fsp3) is 0. The molecule has 0 aliphatic rings. The van der Waals surface area contributed by atoms with Gasteiger partial charge in [-0.3, -0.25) is 19.9 Å². The summed E-state index contributed by atoms with van der Waals surface area (Å²) < 4.78 is 7.21. The average Bonchev–Trinajstić information content (AvgIpc) is 3.88. The first-order valence-electron chi connectivity index (χ1n) is 15.0. The highest BCUT2D eigenvalue weighted by Crippen LogP contribution is 2.50. The van der Waals surface area contributed by atoms with Crippen molar-refractivity contribution in [3.05, 3.63) is 116 Å². The van der Waals surface area contributed by atoms with Crippen LogP contribution >= 0.6 is 0 Å². The molecule has 0 saturated heterocycles. The number of fused-ring (bicyclic) bond motifs is 17. The highest BCUT2D eigenvalue weighted by molar-refractivity contribution is 6.39. The molecule has 0 aliphatic heterocycles. The second-order valence-corrected chi connectivity index (χ2v) is 12.0. The largest absolute Gasteiger partial charge is 0.308 e. The minimum atomic E-state index is 1.09. The second kappa shape index (κ2) is 7.41. The fourth-order valence-corrected chi connectivity index (χ4v) is 8.41. The number of rotatable bonds is 1. The van der Waals surface area contributed by atoms with Crippen LogP contribution in [-0.2, 0) is 0 Å². The van der Waals surface area contributed by atoms with E-state index in [1.807, 2.05) is 49.6 Å². The van der Waals surface area contributed by atoms with E-state index in [1.54, 1.807) is 0 Å². The summed E-state index contributed by atoms with van der Waals surface area (Å²) >= 11 is 0. The molecule has 0 bridgehead atoms. The van der Waals surface area contributed by atoms with Gasteiger partial charge in [0.05, 0.1) is 68.9 Å². The smallest absolute Gasteiger partial charge is 0.0726 e. The topological polar surface area (TPSA) is 65.3 Å². The van der Waals surface area contributed by atoms with Gasteiger partial charge >= 0.3 is 0 Å². The predicted octanol–water partition coefficient (Wildman–Crippen LogP) is 8.66. The van der Waals surface area contributed by atoms with Crippen LogP contribution in [0.15, 0.2) is 116 Å². The van der Waals surface area contributed by atoms with Crippen molar-refractivity contribution in [2.45, 2.75) is 0 Å². The van der Waals surface area contributed by atoms with Gasteiger partial charge in [-0.15, -0.1) is 0 Å². The summed E-state index contributed by atoms with van der Waals surface area (Å²) in [7, 11) is 0. The molecule has 7 nitrogen and oxygen atoms in total. The first-order valence-corrected chi connectivity index (χ1v) is 15.0. The molecule has 0 radical (unpaired) electrons. The summed E-state index contributed by atoms with van der Waals surface area (Å²) in [5.74, 6) is 0. The van der Waals surface area contributed by atoms with E-state index in [0.29, 0.717) is 0 Å². The molecule has 0 spiro atoms. The highest BCUT2D eigenvalue weighted by Gasteiger charge is 2.28. The van der Waals surface area contributed by atoms with Crippen LogP contribution in [0, 0.1) is 0 Å². The van der Waals surface area contributed by atoms with Crippen molar-refractivity contribution in [3.8, 4) is 5.69 Å². The summed E-state index contributed by atoms with van der Waals surface area (Å²) in [6.07, 6.45) is 15.5. The molecule has 12 rings (SSSR count). The lowest BCUT2D eigenvalue weighted by molar-refractivity contribution is 1.19. The normalized spacial score (nSPS) is 12.9. The number of hydrogen-bond acceptors (Lipinski definition) is 4. The van der Waals surface area contributed by atoms with Crippen LogP contribution in [0.3, 0.4) is 0 Å². The number of para-hydroxylation sites is 1. The molecule has 206 valence electrons. The van der Waals surface area contributed by atoms with Crippen LogP contribution in [0.4, 0.5) is 0 Å². The van der Waals surface area contributed by atoms with Crippen molar-refractivity contribution in [1.29, 1.82) is 0 Å². The molecule has 0 fully saturated rings. The highest BCUT2D eigenvalue weighted by atomic mass is 15.0. The second-order valence-electron chi connectivity index (χ2n) is 12.0. The Morgan fingerprint density at radius 1 is 0.378 bits per heavy atom. The maximum absolute atomic E-state index is 4.57. The Hall–Kier alpha value is -6.34. The standard InChI is InChI=1S/C38H19N7/c1-2-4-20(5-3-1)43-35-27(14-25-21-6-10-39-16-29(21)44-31-18-41-12-8-23(31)33(35)37(25)44)28-15-26-22-7-11-40-17-30(22)45-32-19-42-13-9-24(32)34(36(28)43)38(26)45/h1-19H. The van der Waals surface area contributed by atoms with Gasteiger partial charge in [0.2, 0.25) is 0 Å². The van der Waals surface area contributed by atoms with Gasteiger partial charge in [0, 0.05) is 84.3 Å². The third-order valence-corrected chi connectivity index (χ3v) is 10.0. The molecular formula is C38H19N7. The van der Waals surface area contributed by atoms with Crippen molar-refractivity contribution in [2.24, 2.45) is 0 Å². The van der Waals surface area contributed by atoms with Gasteiger partial charge in [-0.2, -0.15) is 0 Å². The van der Waals surface area contributed by atoms with Gasteiger partial charge in [-0.25, -0.2) is 0 Å². The third-order valence-electron chi connectivity index (χ3n) is 10.0. The van der Waals surface area contributed by atoms with Crippen molar-refractivity contribution < 1.29 is 0 Å². The molecule has 0 amide bonds. The van der Waals surface area contributed by atoms with E-state index in [9.17, 15) is 0 Å². The number of nitrogens with zero attached hydrogens (tertiary/aromatic N) is 7. The Labute approximate surface area is 252 Å². The quantitative estimate of drug-likeness (QED) is 0.197. The van der Waals surface area contributed by atoms with E-state index >= 15 is 0 Å². The lowest BCUT2D eigenvalue weighted by Crippen LogP contribution is -1.94. The van der Waals surface area contributed by atoms with E-state index in [1.165, 1.54) is 75.9 Å². The van der Waals surface area contributed by atoms with Crippen molar-refractivity contribution in [2.75, 3.05) is 0 Å². The first kappa shape index (κ1) is 22.2. The minimum Gasteiger partial charge on any atom is -0.308 e. The molecule has 0 saturated carbocycles. The molecule has 45 heavy (non-hydrogen) atoms. The van der Waals surface area contributed by atoms with E-state index < -0.39 is 0 Å². The molecule has 0 N–H and O–H groups in total. The van der Waals surface area contributed by atoms with Crippen LogP contribution in [-0.4, -0.2) is 33.3 Å². The summed E-state index contributed by atoms with van der Waals surface area (Å²) in [5.41, 5.74) is 10.3. The van der Waals surface area contributed by atoms with Gasteiger partial charge < -0.3 is 13.4 Å². The Morgan fingerprint density at radius 3 is 1.24 bits per heavy atom. The molecule has 0 unspecified atom stereocenters. The molecule has 12 aromatic rings. The Kier molecular flexibility index (Phi) is 3.66. The van der Waals surface area contributed by atoms with Crippen LogP contribution in [0.2, 0.25) is 0 Å². The predicted molar refractivity (Wildman–Crippen MR) is 181 cm³/mol. The van der Waals surface area contributed by atoms with Crippen molar-refractivity contribution >= 4 is 98.0 Å². The maximum Gasteiger partial charge on any atom is 0.0726 e. The maximum atomic E-state index is 4.57. The van der Waals surface area contributed by atoms with E-state index in [0.717, 1.165) is 27.8 Å². The van der Waals surface area contributed by atoms with Gasteiger partial charge in [0.25, 0.3) is 0 Å². The number of hydrogen-bond donors (Lipinski definition) is 0. The summed E-state index contributed by atoms with van der Waals surface area (Å²) in [6, 6.07) is 24.2. The van der Waals surface area contributed by atoms with Crippen LogP contribution in [0.1, 0.15) is 0 Å². The number of pyridine rings is 4. The van der Waals surface area contributed by atoms with Crippen LogP contribution in [0.5, 0.6) is 0 Å². The van der Waals surface area contributed by atoms with Crippen LogP contribution < -0.4 is 0 Å². The zero-order chi connectivity index (χ0) is 29.0. The lowest BCUT2D eigenvalue weighted by atomic mass is 10.0. The Bertz CT molecular complexity index is 3000. The van der Waals surface area contributed by atoms with Crippen LogP contribution in [0.25, 0.3) is 104 Å². The minimum absolute atomic E-state index is 1.09. The molecule has 7 heteroatoms. The average molecular weight is 574 g/mol. The van der Waals surface area contributed by atoms with Gasteiger partial charge in [-0.05, 0) is 48.5 Å². The Balaban J connectivity index is 1.49. The SMILES string of the molecule is c1ccc(-n2c3c(cc4c5ccncc5n5c6cnccc6c3c45)c3cc4c5ccncc5n5c6cnccc6c(c32)c45)cc1. The van der Waals surface area contributed by atoms with E-state index in [4.69, 9.17) is 0 Å². The first-order chi connectivity index (χ1) is 22.4. The summed E-state index contributed by atoms with van der Waals surface area (Å²) in [5, 5.41) is 12.2. The molecular weight excluding hydrogens is 554 g/mol. The monoisotopic (exact) mass is 573 g/mol. The number of benzene rings is 3. The molecule has 9 heterocycles. The molecule has 0 atom stereocenters. The zero-order valence-electron chi connectivity index (χ0n) is 23.6. The lowest BCUT2D eigenvalue weighted by Gasteiger charge is -2.10. The van der Waals surface area contributed by atoms with Gasteiger partial charge in [0.1, 0.15) is 0 Å². The van der Waals surface area contributed by atoms with Crippen molar-refractivity contribution in [3.63, 3.8) is 0 Å².